The van der Waals surface area contributed by atoms with Gasteiger partial charge in [-0.1, -0.05) is 0 Å². The van der Waals surface area contributed by atoms with Crippen molar-refractivity contribution >= 4 is 11.7 Å². The largest absolute Gasteiger partial charge is 0.329 e. The highest BCUT2D eigenvalue weighted by Gasteiger charge is 2.30. The summed E-state index contributed by atoms with van der Waals surface area (Å²) in [6.45, 7) is 5.84. The van der Waals surface area contributed by atoms with E-state index >= 15 is 0 Å². The summed E-state index contributed by atoms with van der Waals surface area (Å²) in [5, 5.41) is 0. The molecular weight excluding hydrogens is 240 g/mol. The van der Waals surface area contributed by atoms with Crippen molar-refractivity contribution in [2.24, 2.45) is 0 Å². The Morgan fingerprint density at radius 3 is 2.74 bits per heavy atom. The molecule has 0 unspecified atom stereocenters. The summed E-state index contributed by atoms with van der Waals surface area (Å²) < 4.78 is 0. The van der Waals surface area contributed by atoms with Crippen LogP contribution >= 0.6 is 0 Å². The zero-order chi connectivity index (χ0) is 13.4. The molecule has 3 rings (SSSR count). The van der Waals surface area contributed by atoms with Crippen LogP contribution in [0.1, 0.15) is 36.8 Å². The third kappa shape index (κ3) is 2.17. The van der Waals surface area contributed by atoms with Gasteiger partial charge in [-0.3, -0.25) is 4.79 Å². The van der Waals surface area contributed by atoms with E-state index in [0.717, 1.165) is 31.0 Å². The van der Waals surface area contributed by atoms with E-state index in [4.69, 9.17) is 0 Å². The molecule has 5 nitrogen and oxygen atoms in total. The van der Waals surface area contributed by atoms with Crippen LogP contribution in [0.3, 0.4) is 0 Å². The fourth-order valence-corrected chi connectivity index (χ4v) is 2.97. The van der Waals surface area contributed by atoms with Crippen LogP contribution < -0.4 is 4.90 Å². The first-order chi connectivity index (χ1) is 9.19. The molecule has 1 aromatic heterocycles. The monoisotopic (exact) mass is 260 g/mol. The topological polar surface area (TPSA) is 49.3 Å². The number of amides is 1. The lowest BCUT2D eigenvalue weighted by Gasteiger charge is -2.24. The first-order valence-electron chi connectivity index (χ1n) is 7.08. The Labute approximate surface area is 113 Å². The predicted octanol–water partition coefficient (Wildman–Crippen LogP) is 1.29. The molecule has 1 aliphatic carbocycles. The molecule has 0 aromatic carbocycles. The van der Waals surface area contributed by atoms with Crippen LogP contribution in [0.4, 0.5) is 5.82 Å². The minimum atomic E-state index is 0.198. The average molecular weight is 260 g/mol. The minimum absolute atomic E-state index is 0.198. The number of carbonyl (C=O) groups excluding carboxylic acids is 1. The molecule has 1 fully saturated rings. The van der Waals surface area contributed by atoms with Crippen LogP contribution in [-0.2, 0) is 17.6 Å². The lowest BCUT2D eigenvalue weighted by Crippen LogP contribution is -2.28. The first kappa shape index (κ1) is 12.4. The molecule has 19 heavy (non-hydrogen) atoms. The molecular formula is C14H20N4O. The van der Waals surface area contributed by atoms with E-state index in [1.165, 1.54) is 24.1 Å². The maximum Gasteiger partial charge on any atom is 0.243 e. The number of fused-ring (bicyclic) bond motifs is 1. The van der Waals surface area contributed by atoms with Gasteiger partial charge in [0.25, 0.3) is 0 Å². The first-order valence-corrected chi connectivity index (χ1v) is 7.08. The molecule has 0 bridgehead atoms. The van der Waals surface area contributed by atoms with Crippen LogP contribution in [0.25, 0.3) is 0 Å². The second kappa shape index (κ2) is 4.79. The van der Waals surface area contributed by atoms with Gasteiger partial charge in [-0.25, -0.2) is 9.97 Å². The van der Waals surface area contributed by atoms with E-state index in [1.54, 1.807) is 0 Å². The summed E-state index contributed by atoms with van der Waals surface area (Å²) in [6, 6.07) is 0. The third-order valence-corrected chi connectivity index (χ3v) is 3.97. The van der Waals surface area contributed by atoms with Crippen molar-refractivity contribution in [1.29, 1.82) is 0 Å². The van der Waals surface area contributed by atoms with Crippen molar-refractivity contribution in [2.75, 3.05) is 24.7 Å². The van der Waals surface area contributed by atoms with E-state index in [9.17, 15) is 4.79 Å². The highest BCUT2D eigenvalue weighted by molar-refractivity contribution is 5.84. The van der Waals surface area contributed by atoms with Crippen LogP contribution in [0, 0.1) is 6.92 Å². The minimum Gasteiger partial charge on any atom is -0.329 e. The highest BCUT2D eigenvalue weighted by Crippen LogP contribution is 2.29. The van der Waals surface area contributed by atoms with Gasteiger partial charge in [0, 0.05) is 17.8 Å². The van der Waals surface area contributed by atoms with E-state index in [2.05, 4.69) is 14.9 Å². The molecule has 1 aliphatic heterocycles. The van der Waals surface area contributed by atoms with Gasteiger partial charge >= 0.3 is 0 Å². The van der Waals surface area contributed by atoms with Gasteiger partial charge in [0.05, 0.1) is 6.67 Å². The second-order valence-corrected chi connectivity index (χ2v) is 5.32. The Morgan fingerprint density at radius 2 is 2.00 bits per heavy atom. The summed E-state index contributed by atoms with van der Waals surface area (Å²) in [7, 11) is 0. The van der Waals surface area contributed by atoms with Gasteiger partial charge < -0.3 is 9.80 Å². The zero-order valence-electron chi connectivity index (χ0n) is 11.6. The highest BCUT2D eigenvalue weighted by atomic mass is 16.2. The quantitative estimate of drug-likeness (QED) is 0.804. The Bertz CT molecular complexity index is 514. The predicted molar refractivity (Wildman–Crippen MR) is 73.0 cm³/mol. The van der Waals surface area contributed by atoms with Crippen LogP contribution in [-0.4, -0.2) is 40.5 Å². The van der Waals surface area contributed by atoms with E-state index in [1.807, 2.05) is 18.7 Å². The van der Waals surface area contributed by atoms with Gasteiger partial charge in [0.15, 0.2) is 0 Å². The third-order valence-electron chi connectivity index (χ3n) is 3.97. The SMILES string of the molecule is CCN1CN(c2nc(C)nc3c2CCCC3)CC1=O. The molecule has 1 saturated heterocycles. The Balaban J connectivity index is 1.97. The smallest absolute Gasteiger partial charge is 0.243 e. The zero-order valence-corrected chi connectivity index (χ0v) is 11.6. The molecule has 0 N–H and O–H groups in total. The molecule has 2 aliphatic rings. The Kier molecular flexibility index (Phi) is 3.12. The van der Waals surface area contributed by atoms with Gasteiger partial charge in [0.2, 0.25) is 5.91 Å². The second-order valence-electron chi connectivity index (χ2n) is 5.32. The van der Waals surface area contributed by atoms with Gasteiger partial charge in [-0.05, 0) is 39.5 Å². The molecule has 102 valence electrons. The number of rotatable bonds is 2. The average Bonchev–Trinajstić information content (AvgIpc) is 2.79. The summed E-state index contributed by atoms with van der Waals surface area (Å²) in [5.74, 6) is 2.01. The fourth-order valence-electron chi connectivity index (χ4n) is 2.97. The summed E-state index contributed by atoms with van der Waals surface area (Å²) in [6.07, 6.45) is 4.50. The summed E-state index contributed by atoms with van der Waals surface area (Å²) in [4.78, 5) is 25.0. The van der Waals surface area contributed by atoms with Gasteiger partial charge in [-0.2, -0.15) is 0 Å². The van der Waals surface area contributed by atoms with Crippen molar-refractivity contribution in [3.8, 4) is 0 Å². The number of likely N-dealkylation sites (N-methyl/N-ethyl adjacent to an activating group) is 1. The maximum absolute atomic E-state index is 11.9. The normalized spacial score (nSPS) is 18.9. The molecule has 2 heterocycles. The summed E-state index contributed by atoms with van der Waals surface area (Å²) in [5.41, 5.74) is 2.46. The number of carbonyl (C=O) groups is 1. The van der Waals surface area contributed by atoms with Gasteiger partial charge in [0.1, 0.15) is 18.2 Å². The van der Waals surface area contributed by atoms with Gasteiger partial charge in [-0.15, -0.1) is 0 Å². The van der Waals surface area contributed by atoms with Crippen LogP contribution in [0.2, 0.25) is 0 Å². The molecule has 0 atom stereocenters. The van der Waals surface area contributed by atoms with Crippen LogP contribution in [0.15, 0.2) is 0 Å². The van der Waals surface area contributed by atoms with Crippen LogP contribution in [0.5, 0.6) is 0 Å². The van der Waals surface area contributed by atoms with E-state index in [0.29, 0.717) is 13.2 Å². The van der Waals surface area contributed by atoms with Crippen molar-refractivity contribution in [3.05, 3.63) is 17.1 Å². The number of hydrogen-bond donors (Lipinski definition) is 0. The standard InChI is InChI=1S/C14H20N4O/c1-3-17-9-18(8-13(17)19)14-11-6-4-5-7-12(11)15-10(2)16-14/h3-9H2,1-2H3. The van der Waals surface area contributed by atoms with Crippen molar-refractivity contribution in [3.63, 3.8) is 0 Å². The number of anilines is 1. The molecule has 0 saturated carbocycles. The lowest BCUT2D eigenvalue weighted by molar-refractivity contribution is -0.126. The lowest BCUT2D eigenvalue weighted by atomic mass is 9.96. The molecule has 1 amide bonds. The number of aromatic nitrogens is 2. The molecule has 0 spiro atoms. The molecule has 0 radical (unpaired) electrons. The van der Waals surface area contributed by atoms with Crippen molar-refractivity contribution in [2.45, 2.75) is 39.5 Å². The van der Waals surface area contributed by atoms with E-state index < -0.39 is 0 Å². The number of nitrogens with zero attached hydrogens (tertiary/aromatic N) is 4. The van der Waals surface area contributed by atoms with E-state index in [-0.39, 0.29) is 5.91 Å². The number of aryl methyl sites for hydroxylation is 2. The Morgan fingerprint density at radius 1 is 1.21 bits per heavy atom. The van der Waals surface area contributed by atoms with Crippen molar-refractivity contribution in [1.82, 2.24) is 14.9 Å². The summed E-state index contributed by atoms with van der Waals surface area (Å²) >= 11 is 0. The fraction of sp³-hybridized carbons (Fsp3) is 0.643. The molecule has 5 heteroatoms. The van der Waals surface area contributed by atoms with Crippen molar-refractivity contribution < 1.29 is 4.79 Å². The maximum atomic E-state index is 11.9. The molecule has 1 aromatic rings. The number of hydrogen-bond acceptors (Lipinski definition) is 4. The Hall–Kier alpha value is -1.65.